The Bertz CT molecular complexity index is 710. The predicted octanol–water partition coefficient (Wildman–Crippen LogP) is 3.60. The van der Waals surface area contributed by atoms with Gasteiger partial charge in [0.1, 0.15) is 11.6 Å². The van der Waals surface area contributed by atoms with Crippen LogP contribution in [0.4, 0.5) is 13.6 Å². The molecule has 124 valence electrons. The highest BCUT2D eigenvalue weighted by atomic mass is 19.2. The first-order valence-electron chi connectivity index (χ1n) is 6.94. The van der Waals surface area contributed by atoms with Gasteiger partial charge in [0.05, 0.1) is 0 Å². The van der Waals surface area contributed by atoms with Gasteiger partial charge in [-0.15, -0.1) is 0 Å². The van der Waals surface area contributed by atoms with Crippen molar-refractivity contribution in [3.05, 3.63) is 35.7 Å². The van der Waals surface area contributed by atoms with Crippen LogP contribution in [0.1, 0.15) is 39.6 Å². The van der Waals surface area contributed by atoms with Gasteiger partial charge in [-0.25, -0.2) is 13.6 Å². The Hall–Kier alpha value is -2.51. The number of hydrogen-bond donors (Lipinski definition) is 1. The largest absolute Gasteiger partial charge is 0.444 e. The second kappa shape index (κ2) is 6.31. The number of benzene rings is 1. The summed E-state index contributed by atoms with van der Waals surface area (Å²) in [6, 6.07) is 2.68. The number of hydrogen-bond acceptors (Lipinski definition) is 5. The lowest BCUT2D eigenvalue weighted by Gasteiger charge is -2.20. The number of rotatable bonds is 3. The van der Waals surface area contributed by atoms with E-state index in [-0.39, 0.29) is 17.3 Å². The van der Waals surface area contributed by atoms with Gasteiger partial charge in [0.25, 0.3) is 0 Å². The van der Waals surface area contributed by atoms with E-state index >= 15 is 0 Å². The summed E-state index contributed by atoms with van der Waals surface area (Å²) in [6.45, 7) is 6.86. The van der Waals surface area contributed by atoms with E-state index in [0.717, 1.165) is 12.1 Å². The predicted molar refractivity (Wildman–Crippen MR) is 77.4 cm³/mol. The van der Waals surface area contributed by atoms with Crippen molar-refractivity contribution in [2.24, 2.45) is 0 Å². The molecule has 0 aliphatic heterocycles. The molecule has 0 aliphatic carbocycles. The maximum absolute atomic E-state index is 13.2. The van der Waals surface area contributed by atoms with Crippen LogP contribution in [0.15, 0.2) is 22.7 Å². The van der Waals surface area contributed by atoms with Gasteiger partial charge in [0.2, 0.25) is 11.7 Å². The molecule has 2 aromatic rings. The molecular weight excluding hydrogens is 308 g/mol. The van der Waals surface area contributed by atoms with Crippen LogP contribution in [0, 0.1) is 11.6 Å². The molecule has 0 spiro atoms. The van der Waals surface area contributed by atoms with Crippen molar-refractivity contribution in [2.75, 3.05) is 0 Å². The van der Waals surface area contributed by atoms with Crippen LogP contribution in [-0.2, 0) is 4.74 Å². The molecule has 1 N–H and O–H groups in total. The average molecular weight is 325 g/mol. The summed E-state index contributed by atoms with van der Waals surface area (Å²) >= 11 is 0. The summed E-state index contributed by atoms with van der Waals surface area (Å²) in [4.78, 5) is 15.8. The fourth-order valence-corrected chi connectivity index (χ4v) is 1.71. The van der Waals surface area contributed by atoms with Gasteiger partial charge in [-0.05, 0) is 45.9 Å². The Kier molecular flexibility index (Phi) is 4.63. The minimum absolute atomic E-state index is 0.0942. The minimum atomic E-state index is -1.01. The van der Waals surface area contributed by atoms with E-state index in [1.54, 1.807) is 27.7 Å². The normalized spacial score (nSPS) is 12.8. The summed E-state index contributed by atoms with van der Waals surface area (Å²) in [7, 11) is 0. The van der Waals surface area contributed by atoms with Crippen LogP contribution in [0.5, 0.6) is 0 Å². The molecule has 1 aromatic carbocycles. The lowest BCUT2D eigenvalue weighted by Crippen LogP contribution is -2.34. The van der Waals surface area contributed by atoms with Gasteiger partial charge >= 0.3 is 6.09 Å². The Morgan fingerprint density at radius 3 is 2.61 bits per heavy atom. The van der Waals surface area contributed by atoms with Gasteiger partial charge in [-0.2, -0.15) is 4.98 Å². The molecule has 0 radical (unpaired) electrons. The van der Waals surface area contributed by atoms with Crippen LogP contribution >= 0.6 is 0 Å². The van der Waals surface area contributed by atoms with Crippen LogP contribution in [0.25, 0.3) is 11.4 Å². The van der Waals surface area contributed by atoms with Crippen molar-refractivity contribution in [2.45, 2.75) is 39.3 Å². The van der Waals surface area contributed by atoms with Crippen LogP contribution < -0.4 is 5.32 Å². The molecule has 0 fully saturated rings. The Morgan fingerprint density at radius 1 is 1.30 bits per heavy atom. The monoisotopic (exact) mass is 325 g/mol. The fourth-order valence-electron chi connectivity index (χ4n) is 1.71. The Balaban J connectivity index is 2.09. The molecule has 0 unspecified atom stereocenters. The third-order valence-corrected chi connectivity index (χ3v) is 2.72. The molecule has 0 saturated heterocycles. The van der Waals surface area contributed by atoms with E-state index in [4.69, 9.17) is 9.26 Å². The quantitative estimate of drug-likeness (QED) is 0.933. The topological polar surface area (TPSA) is 77.2 Å². The lowest BCUT2D eigenvalue weighted by atomic mass is 10.2. The van der Waals surface area contributed by atoms with E-state index in [2.05, 4.69) is 15.5 Å². The van der Waals surface area contributed by atoms with Crippen molar-refractivity contribution in [1.82, 2.24) is 15.5 Å². The number of nitrogens with one attached hydrogen (secondary N) is 1. The molecule has 0 aliphatic rings. The molecule has 0 bridgehead atoms. The summed E-state index contributed by atoms with van der Waals surface area (Å²) in [5, 5.41) is 6.24. The van der Waals surface area contributed by atoms with E-state index in [1.807, 2.05) is 0 Å². The van der Waals surface area contributed by atoms with Crippen molar-refractivity contribution in [1.29, 1.82) is 0 Å². The number of nitrogens with zero attached hydrogens (tertiary/aromatic N) is 2. The highest BCUT2D eigenvalue weighted by molar-refractivity contribution is 5.68. The lowest BCUT2D eigenvalue weighted by molar-refractivity contribution is 0.0499. The average Bonchev–Trinajstić information content (AvgIpc) is 2.89. The van der Waals surface area contributed by atoms with Gasteiger partial charge in [0, 0.05) is 5.56 Å². The summed E-state index contributed by atoms with van der Waals surface area (Å²) in [5.74, 6) is -1.75. The van der Waals surface area contributed by atoms with Crippen molar-refractivity contribution < 1.29 is 22.8 Å². The number of carbonyl (C=O) groups excluding carboxylic acids is 1. The van der Waals surface area contributed by atoms with E-state index in [0.29, 0.717) is 0 Å². The van der Waals surface area contributed by atoms with Crippen molar-refractivity contribution in [3.8, 4) is 11.4 Å². The maximum atomic E-state index is 13.2. The molecular formula is C15H17F2N3O3. The first-order valence-corrected chi connectivity index (χ1v) is 6.94. The van der Waals surface area contributed by atoms with Gasteiger partial charge in [0.15, 0.2) is 11.6 Å². The molecule has 1 heterocycles. The molecule has 1 aromatic heterocycles. The fraction of sp³-hybridized carbons (Fsp3) is 0.400. The summed E-state index contributed by atoms with van der Waals surface area (Å²) in [5.41, 5.74) is -0.363. The summed E-state index contributed by atoms with van der Waals surface area (Å²) < 4.78 is 36.3. The zero-order valence-electron chi connectivity index (χ0n) is 13.2. The number of alkyl carbamates (subject to hydrolysis) is 1. The number of amides is 1. The number of aromatic nitrogens is 2. The maximum Gasteiger partial charge on any atom is 0.408 e. The van der Waals surface area contributed by atoms with Gasteiger partial charge < -0.3 is 14.6 Å². The zero-order chi connectivity index (χ0) is 17.2. The highest BCUT2D eigenvalue weighted by Gasteiger charge is 2.21. The smallest absolute Gasteiger partial charge is 0.408 e. The SMILES string of the molecule is C[C@H](NC(=O)OC(C)(C)C)c1nc(-c2ccc(F)c(F)c2)no1. The minimum Gasteiger partial charge on any atom is -0.444 e. The third kappa shape index (κ3) is 4.48. The van der Waals surface area contributed by atoms with Crippen molar-refractivity contribution >= 4 is 6.09 Å². The number of halogens is 2. The summed E-state index contributed by atoms with van der Waals surface area (Å²) in [6.07, 6.45) is -0.627. The van der Waals surface area contributed by atoms with Crippen LogP contribution in [0.2, 0.25) is 0 Å². The molecule has 1 amide bonds. The molecule has 23 heavy (non-hydrogen) atoms. The number of carbonyl (C=O) groups is 1. The molecule has 6 nitrogen and oxygen atoms in total. The van der Waals surface area contributed by atoms with E-state index < -0.39 is 29.4 Å². The van der Waals surface area contributed by atoms with Crippen LogP contribution in [0.3, 0.4) is 0 Å². The standard InChI is InChI=1S/C15H17F2N3O3/c1-8(18-14(21)22-15(2,3)4)13-19-12(20-23-13)9-5-6-10(16)11(17)7-9/h5-8H,1-4H3,(H,18,21)/t8-/m0/s1. The molecule has 8 heteroatoms. The van der Waals surface area contributed by atoms with Crippen molar-refractivity contribution in [3.63, 3.8) is 0 Å². The molecule has 1 atom stereocenters. The Morgan fingerprint density at radius 2 is 2.00 bits per heavy atom. The zero-order valence-corrected chi connectivity index (χ0v) is 13.2. The van der Waals surface area contributed by atoms with E-state index in [1.165, 1.54) is 6.07 Å². The first-order chi connectivity index (χ1) is 10.7. The van der Waals surface area contributed by atoms with Crippen LogP contribution in [-0.4, -0.2) is 21.8 Å². The Labute approximate surface area is 131 Å². The van der Waals surface area contributed by atoms with E-state index in [9.17, 15) is 13.6 Å². The number of ether oxygens (including phenoxy) is 1. The second-order valence-corrected chi connectivity index (χ2v) is 5.95. The highest BCUT2D eigenvalue weighted by Crippen LogP contribution is 2.21. The molecule has 0 saturated carbocycles. The van der Waals surface area contributed by atoms with Gasteiger partial charge in [-0.3, -0.25) is 0 Å². The second-order valence-electron chi connectivity index (χ2n) is 5.95. The first kappa shape index (κ1) is 16.9. The van der Waals surface area contributed by atoms with Gasteiger partial charge in [-0.1, -0.05) is 5.16 Å². The third-order valence-electron chi connectivity index (χ3n) is 2.72. The molecule has 2 rings (SSSR count).